The number of guanidine groups is 1. The maximum atomic E-state index is 6.96. The van der Waals surface area contributed by atoms with Gasteiger partial charge in [0.25, 0.3) is 0 Å². The fourth-order valence-electron chi connectivity index (χ4n) is 0.742. The van der Waals surface area contributed by atoms with Crippen LogP contribution in [0.4, 0.5) is 5.69 Å². The van der Waals surface area contributed by atoms with E-state index in [-0.39, 0.29) is 5.96 Å². The smallest absolute Gasteiger partial charge is 0.183 e. The molecular weight excluding hydrogens is 237 g/mol. The van der Waals surface area contributed by atoms with Gasteiger partial charge in [-0.1, -0.05) is 23.2 Å². The molecule has 0 heterocycles. The summed E-state index contributed by atoms with van der Waals surface area (Å²) in [6.07, 6.45) is 1.10. The summed E-state index contributed by atoms with van der Waals surface area (Å²) < 4.78 is 0. The SMILES string of the molecule is N=C(N)N.N=Cc1c(Cl)cc(N)cc1Cl. The number of hydrogen-bond acceptors (Lipinski definition) is 3. The van der Waals surface area contributed by atoms with Crippen LogP contribution in [0, 0.1) is 10.8 Å². The summed E-state index contributed by atoms with van der Waals surface area (Å²) in [6, 6.07) is 3.13. The van der Waals surface area contributed by atoms with Crippen molar-refractivity contribution in [3.05, 3.63) is 27.7 Å². The molecule has 0 amide bonds. The van der Waals surface area contributed by atoms with E-state index in [9.17, 15) is 0 Å². The van der Waals surface area contributed by atoms with Crippen molar-refractivity contribution < 1.29 is 0 Å². The molecule has 1 aromatic carbocycles. The van der Waals surface area contributed by atoms with Crippen molar-refractivity contribution >= 4 is 41.1 Å². The number of nitrogens with one attached hydrogen (secondary N) is 2. The molecule has 82 valence electrons. The van der Waals surface area contributed by atoms with E-state index in [2.05, 4.69) is 11.5 Å². The molecule has 0 fully saturated rings. The van der Waals surface area contributed by atoms with Crippen LogP contribution in [0.5, 0.6) is 0 Å². The highest BCUT2D eigenvalue weighted by atomic mass is 35.5. The number of anilines is 1. The first-order valence-electron chi connectivity index (χ1n) is 3.73. The molecule has 0 radical (unpaired) electrons. The van der Waals surface area contributed by atoms with Gasteiger partial charge in [-0.15, -0.1) is 0 Å². The van der Waals surface area contributed by atoms with E-state index in [1.165, 1.54) is 0 Å². The molecule has 8 N–H and O–H groups in total. The second kappa shape index (κ2) is 6.10. The molecule has 15 heavy (non-hydrogen) atoms. The Balaban J connectivity index is 0.000000423. The van der Waals surface area contributed by atoms with Crippen LogP contribution in [0.15, 0.2) is 12.1 Å². The third kappa shape index (κ3) is 5.09. The van der Waals surface area contributed by atoms with Crippen molar-refractivity contribution in [1.29, 1.82) is 10.8 Å². The number of rotatable bonds is 1. The maximum Gasteiger partial charge on any atom is 0.183 e. The lowest BCUT2D eigenvalue weighted by Gasteiger charge is -2.01. The third-order valence-electron chi connectivity index (χ3n) is 1.25. The number of nitrogens with two attached hydrogens (primary N) is 3. The molecule has 0 aromatic heterocycles. The largest absolute Gasteiger partial charge is 0.399 e. The Morgan fingerprint density at radius 1 is 1.20 bits per heavy atom. The van der Waals surface area contributed by atoms with Crippen LogP contribution < -0.4 is 17.2 Å². The normalized spacial score (nSPS) is 8.67. The van der Waals surface area contributed by atoms with E-state index < -0.39 is 0 Å². The fraction of sp³-hybridized carbons (Fsp3) is 0. The van der Waals surface area contributed by atoms with Gasteiger partial charge in [0.05, 0.1) is 10.0 Å². The van der Waals surface area contributed by atoms with Crippen molar-refractivity contribution in [2.75, 3.05) is 5.73 Å². The minimum Gasteiger partial charge on any atom is -0.399 e. The zero-order valence-electron chi connectivity index (χ0n) is 7.72. The van der Waals surface area contributed by atoms with E-state index in [0.29, 0.717) is 21.3 Å². The molecule has 0 spiro atoms. The van der Waals surface area contributed by atoms with Crippen molar-refractivity contribution in [3.63, 3.8) is 0 Å². The monoisotopic (exact) mass is 247 g/mol. The molecule has 0 atom stereocenters. The number of nitrogen functional groups attached to an aromatic ring is 1. The Bertz CT molecular complexity index is 350. The van der Waals surface area contributed by atoms with Gasteiger partial charge in [0.2, 0.25) is 0 Å². The molecule has 0 aliphatic carbocycles. The molecule has 5 nitrogen and oxygen atoms in total. The van der Waals surface area contributed by atoms with Crippen molar-refractivity contribution in [2.45, 2.75) is 0 Å². The summed E-state index contributed by atoms with van der Waals surface area (Å²) in [4.78, 5) is 0. The quantitative estimate of drug-likeness (QED) is 0.293. The number of hydrogen-bond donors (Lipinski definition) is 5. The van der Waals surface area contributed by atoms with E-state index in [1.54, 1.807) is 12.1 Å². The number of benzene rings is 1. The second-order valence-electron chi connectivity index (χ2n) is 2.50. The van der Waals surface area contributed by atoms with Crippen LogP contribution in [-0.4, -0.2) is 12.2 Å². The molecule has 0 aliphatic rings. The van der Waals surface area contributed by atoms with E-state index >= 15 is 0 Å². The Kier molecular flexibility index (Phi) is 5.51. The Labute approximate surface area is 97.2 Å². The Morgan fingerprint density at radius 3 is 1.80 bits per heavy atom. The number of halogens is 2. The molecule has 7 heteroatoms. The van der Waals surface area contributed by atoms with Crippen molar-refractivity contribution in [3.8, 4) is 0 Å². The molecular formula is C8H11Cl2N5. The summed E-state index contributed by atoms with van der Waals surface area (Å²) in [6.45, 7) is 0. The zero-order chi connectivity index (χ0) is 12.0. The molecule has 1 rings (SSSR count). The van der Waals surface area contributed by atoms with Gasteiger partial charge in [-0.05, 0) is 12.1 Å². The fourth-order valence-corrected chi connectivity index (χ4v) is 1.35. The minimum absolute atomic E-state index is 0.333. The van der Waals surface area contributed by atoms with Crippen LogP contribution in [0.1, 0.15) is 5.56 Å². The van der Waals surface area contributed by atoms with Gasteiger partial charge < -0.3 is 22.6 Å². The van der Waals surface area contributed by atoms with Crippen molar-refractivity contribution in [2.24, 2.45) is 11.5 Å². The minimum atomic E-state index is -0.333. The lowest BCUT2D eigenvalue weighted by atomic mass is 10.2. The van der Waals surface area contributed by atoms with Gasteiger partial charge in [0.15, 0.2) is 5.96 Å². The molecule has 0 bridgehead atoms. The predicted octanol–water partition coefficient (Wildman–Crippen LogP) is 1.41. The highest BCUT2D eigenvalue weighted by Crippen LogP contribution is 2.25. The molecule has 0 aliphatic heterocycles. The van der Waals surface area contributed by atoms with Crippen LogP contribution in [0.25, 0.3) is 0 Å². The third-order valence-corrected chi connectivity index (χ3v) is 1.87. The first-order chi connectivity index (χ1) is 6.88. The highest BCUT2D eigenvalue weighted by Gasteiger charge is 2.03. The summed E-state index contributed by atoms with van der Waals surface area (Å²) in [5, 5.41) is 13.8. The van der Waals surface area contributed by atoms with Gasteiger partial charge in [-0.2, -0.15) is 0 Å². The molecule has 0 unspecified atom stereocenters. The van der Waals surface area contributed by atoms with Crippen molar-refractivity contribution in [1.82, 2.24) is 0 Å². The van der Waals surface area contributed by atoms with Gasteiger partial charge >= 0.3 is 0 Å². The lowest BCUT2D eigenvalue weighted by Crippen LogP contribution is -2.20. The average molecular weight is 248 g/mol. The standard InChI is InChI=1S/C7H6Cl2N2.CH5N3/c8-6-1-4(11)2-7(9)5(6)3-10;2-1(3)4/h1-3,10H,11H2;(H5,2,3,4). The zero-order valence-corrected chi connectivity index (χ0v) is 9.23. The van der Waals surface area contributed by atoms with Gasteiger partial charge in [0, 0.05) is 17.5 Å². The molecule has 1 aromatic rings. The average Bonchev–Trinajstić information content (AvgIpc) is 2.01. The predicted molar refractivity (Wildman–Crippen MR) is 64.9 cm³/mol. The van der Waals surface area contributed by atoms with E-state index in [0.717, 1.165) is 6.21 Å². The summed E-state index contributed by atoms with van der Waals surface area (Å²) in [5.74, 6) is -0.333. The first-order valence-corrected chi connectivity index (χ1v) is 4.48. The van der Waals surface area contributed by atoms with Gasteiger partial charge in [0.1, 0.15) is 0 Å². The Hall–Kier alpha value is -1.46. The Morgan fingerprint density at radius 2 is 1.53 bits per heavy atom. The topological polar surface area (TPSA) is 126 Å². The van der Waals surface area contributed by atoms with Crippen LogP contribution in [-0.2, 0) is 0 Å². The van der Waals surface area contributed by atoms with Crippen LogP contribution in [0.2, 0.25) is 10.0 Å². The van der Waals surface area contributed by atoms with Crippen LogP contribution in [0.3, 0.4) is 0 Å². The van der Waals surface area contributed by atoms with E-state index in [4.69, 9.17) is 39.8 Å². The summed E-state index contributed by atoms with van der Waals surface area (Å²) in [5.41, 5.74) is 15.4. The highest BCUT2D eigenvalue weighted by molar-refractivity contribution is 6.38. The summed E-state index contributed by atoms with van der Waals surface area (Å²) in [7, 11) is 0. The lowest BCUT2D eigenvalue weighted by molar-refractivity contribution is 1.39. The van der Waals surface area contributed by atoms with Gasteiger partial charge in [-0.3, -0.25) is 5.41 Å². The van der Waals surface area contributed by atoms with E-state index in [1.807, 2.05) is 0 Å². The second-order valence-corrected chi connectivity index (χ2v) is 3.31. The van der Waals surface area contributed by atoms with Gasteiger partial charge in [-0.25, -0.2) is 0 Å². The summed E-state index contributed by atoms with van der Waals surface area (Å²) >= 11 is 11.4. The van der Waals surface area contributed by atoms with Crippen LogP contribution >= 0.6 is 23.2 Å². The molecule has 0 saturated carbocycles. The first kappa shape index (κ1) is 13.5. The maximum absolute atomic E-state index is 6.96. The molecule has 0 saturated heterocycles.